The van der Waals surface area contributed by atoms with E-state index in [0.29, 0.717) is 38.2 Å². The number of rotatable bonds is 4. The van der Waals surface area contributed by atoms with Crippen molar-refractivity contribution >= 4 is 38.2 Å². The van der Waals surface area contributed by atoms with E-state index in [1.807, 2.05) is 25.3 Å². The highest BCUT2D eigenvalue weighted by Crippen LogP contribution is 2.35. The van der Waals surface area contributed by atoms with Crippen molar-refractivity contribution in [2.75, 3.05) is 12.0 Å². The van der Waals surface area contributed by atoms with Crippen LogP contribution < -0.4 is 0 Å². The molecule has 3 aromatic heterocycles. The van der Waals surface area contributed by atoms with E-state index in [-0.39, 0.29) is 0 Å². The molecular weight excluding hydrogens is 406 g/mol. The largest absolute Gasteiger partial charge is 0.435 e. The molecule has 0 spiro atoms. The Morgan fingerprint density at radius 1 is 1.07 bits per heavy atom. The van der Waals surface area contributed by atoms with Gasteiger partial charge in [0.05, 0.1) is 21.2 Å². The van der Waals surface area contributed by atoms with Gasteiger partial charge in [-0.25, -0.2) is 9.50 Å². The molecule has 152 valence electrons. The van der Waals surface area contributed by atoms with Crippen LogP contribution in [0.5, 0.6) is 0 Å². The lowest BCUT2D eigenvalue weighted by Gasteiger charge is -2.12. The average molecular weight is 430 g/mol. The fourth-order valence-electron chi connectivity index (χ4n) is 3.55. The summed E-state index contributed by atoms with van der Waals surface area (Å²) in [6.07, 6.45) is 1.63. The van der Waals surface area contributed by atoms with Crippen molar-refractivity contribution in [2.45, 2.75) is 44.4 Å². The lowest BCUT2D eigenvalue weighted by Crippen LogP contribution is -2.03. The first kappa shape index (κ1) is 20.0. The van der Waals surface area contributed by atoms with Gasteiger partial charge in [-0.1, -0.05) is 6.92 Å². The molecule has 0 saturated carbocycles. The molecule has 0 amide bonds. The molecule has 6 nitrogen and oxygen atoms in total. The van der Waals surface area contributed by atoms with E-state index < -0.39 is 21.6 Å². The number of aryl methyl sites for hydroxylation is 2. The van der Waals surface area contributed by atoms with Gasteiger partial charge in [0.15, 0.2) is 11.3 Å². The van der Waals surface area contributed by atoms with Crippen LogP contribution in [-0.2, 0) is 21.6 Å². The maximum Gasteiger partial charge on any atom is 0.249 e. The minimum atomic E-state index is -1.24. The molecule has 4 rings (SSSR count). The third-order valence-electron chi connectivity index (χ3n) is 5.57. The van der Waals surface area contributed by atoms with E-state index >= 15 is 0 Å². The fraction of sp³-hybridized carbons (Fsp3) is 0.333. The molecule has 0 fully saturated rings. The molecule has 0 aliphatic rings. The van der Waals surface area contributed by atoms with Crippen molar-refractivity contribution in [2.24, 2.45) is 0 Å². The summed E-state index contributed by atoms with van der Waals surface area (Å²) in [6.45, 7) is 10.1. The molecule has 0 N–H and O–H groups in total. The molecule has 3 heterocycles. The number of oxazole rings is 1. The molecule has 29 heavy (non-hydrogen) atoms. The third-order valence-corrected chi connectivity index (χ3v) is 7.85. The molecule has 0 radical (unpaired) electrons. The van der Waals surface area contributed by atoms with Gasteiger partial charge in [-0.2, -0.15) is 5.10 Å². The van der Waals surface area contributed by atoms with Crippen LogP contribution in [0.4, 0.5) is 0 Å². The van der Waals surface area contributed by atoms with Crippen LogP contribution in [0.25, 0.3) is 28.2 Å². The van der Waals surface area contributed by atoms with Gasteiger partial charge in [0.1, 0.15) is 5.52 Å². The number of nitrogens with zero attached hydrogens (tertiary/aromatic N) is 3. The zero-order valence-corrected chi connectivity index (χ0v) is 19.0. The summed E-state index contributed by atoms with van der Waals surface area (Å²) in [6, 6.07) is 5.29. The second kappa shape index (κ2) is 7.18. The van der Waals surface area contributed by atoms with Crippen LogP contribution >= 0.6 is 0 Å². The summed E-state index contributed by atoms with van der Waals surface area (Å²) in [5.41, 5.74) is 6.94. The van der Waals surface area contributed by atoms with Gasteiger partial charge in [0.25, 0.3) is 0 Å². The zero-order chi connectivity index (χ0) is 21.0. The topological polar surface area (TPSA) is 77.5 Å². The van der Waals surface area contributed by atoms with E-state index in [1.54, 1.807) is 24.5 Å². The third kappa shape index (κ3) is 3.05. The smallest absolute Gasteiger partial charge is 0.249 e. The van der Waals surface area contributed by atoms with E-state index in [0.717, 1.165) is 22.3 Å². The van der Waals surface area contributed by atoms with Gasteiger partial charge in [-0.05, 0) is 62.6 Å². The molecule has 4 aromatic rings. The van der Waals surface area contributed by atoms with Gasteiger partial charge in [-0.15, -0.1) is 0 Å². The Balaban J connectivity index is 2.07. The predicted molar refractivity (Wildman–Crippen MR) is 116 cm³/mol. The van der Waals surface area contributed by atoms with Crippen LogP contribution in [0, 0.1) is 27.7 Å². The van der Waals surface area contributed by atoms with E-state index in [9.17, 15) is 8.42 Å². The second-order valence-corrected chi connectivity index (χ2v) is 10.2. The average Bonchev–Trinajstić information content (AvgIpc) is 3.30. The second-order valence-electron chi connectivity index (χ2n) is 7.14. The highest BCUT2D eigenvalue weighted by atomic mass is 32.2. The van der Waals surface area contributed by atoms with Crippen LogP contribution in [-0.4, -0.2) is 35.0 Å². The Kier molecular flexibility index (Phi) is 4.94. The Bertz CT molecular complexity index is 1330. The van der Waals surface area contributed by atoms with Crippen molar-refractivity contribution in [3.63, 3.8) is 0 Å². The van der Waals surface area contributed by atoms with Crippen molar-refractivity contribution in [3.8, 4) is 11.6 Å². The number of hydrogen-bond acceptors (Lipinski definition) is 5. The Morgan fingerprint density at radius 3 is 2.45 bits per heavy atom. The summed E-state index contributed by atoms with van der Waals surface area (Å²) in [7, 11) is -2.35. The molecule has 1 aromatic carbocycles. The standard InChI is InChI=1S/C21H23N3O3S2/c1-7-29(26)20-18(23-24-14(5)12(3)11(2)13(4)19(20)24)21-22-16-10-15(28(6)25)8-9-17(16)27-21/h8-10H,7H2,1-6H3. The van der Waals surface area contributed by atoms with Gasteiger partial charge in [0, 0.05) is 33.4 Å². The van der Waals surface area contributed by atoms with Gasteiger partial charge < -0.3 is 4.42 Å². The Morgan fingerprint density at radius 2 is 1.79 bits per heavy atom. The normalized spacial score (nSPS) is 14.0. The quantitative estimate of drug-likeness (QED) is 0.485. The maximum atomic E-state index is 13.0. The summed E-state index contributed by atoms with van der Waals surface area (Å²) in [4.78, 5) is 5.93. The Labute approximate surface area is 174 Å². The SMILES string of the molecule is CCS(=O)c1c(-c2nc3cc(S(C)=O)ccc3o2)nn2c(C)c(C)c(C)c(C)c12. The lowest BCUT2D eigenvalue weighted by molar-refractivity contribution is 0.613. The first-order valence-corrected chi connectivity index (χ1v) is 12.2. The number of aromatic nitrogens is 3. The van der Waals surface area contributed by atoms with Crippen molar-refractivity contribution in [1.29, 1.82) is 0 Å². The first-order valence-electron chi connectivity index (χ1n) is 9.36. The lowest BCUT2D eigenvalue weighted by atomic mass is 10.0. The van der Waals surface area contributed by atoms with Crippen LogP contribution in [0.3, 0.4) is 0 Å². The van der Waals surface area contributed by atoms with E-state index in [2.05, 4.69) is 18.8 Å². The molecule has 0 aliphatic heterocycles. The summed E-state index contributed by atoms with van der Waals surface area (Å²) < 4.78 is 32.7. The molecule has 0 aliphatic carbocycles. The van der Waals surface area contributed by atoms with Crippen LogP contribution in [0.15, 0.2) is 32.4 Å². The zero-order valence-electron chi connectivity index (χ0n) is 17.3. The summed E-state index contributed by atoms with van der Waals surface area (Å²) in [5.74, 6) is 0.799. The summed E-state index contributed by atoms with van der Waals surface area (Å²) in [5, 5.41) is 4.77. The number of benzene rings is 1. The highest BCUT2D eigenvalue weighted by Gasteiger charge is 2.26. The number of fused-ring (bicyclic) bond motifs is 2. The van der Waals surface area contributed by atoms with Gasteiger partial charge >= 0.3 is 0 Å². The Hall–Kier alpha value is -2.32. The van der Waals surface area contributed by atoms with Crippen LogP contribution in [0.1, 0.15) is 29.3 Å². The monoisotopic (exact) mass is 429 g/mol. The minimum Gasteiger partial charge on any atom is -0.435 e. The van der Waals surface area contributed by atoms with Gasteiger partial charge in [-0.3, -0.25) is 8.42 Å². The summed E-state index contributed by atoms with van der Waals surface area (Å²) >= 11 is 0. The fourth-order valence-corrected chi connectivity index (χ4v) is 5.18. The van der Waals surface area contributed by atoms with Crippen molar-refractivity contribution < 1.29 is 12.8 Å². The molecule has 2 unspecified atom stereocenters. The first-order chi connectivity index (χ1) is 13.7. The van der Waals surface area contributed by atoms with E-state index in [4.69, 9.17) is 9.52 Å². The van der Waals surface area contributed by atoms with Gasteiger partial charge in [0.2, 0.25) is 5.89 Å². The van der Waals surface area contributed by atoms with E-state index in [1.165, 1.54) is 5.56 Å². The van der Waals surface area contributed by atoms with Crippen LogP contribution in [0.2, 0.25) is 0 Å². The molecule has 2 atom stereocenters. The predicted octanol–water partition coefficient (Wildman–Crippen LogP) is 4.24. The minimum absolute atomic E-state index is 0.327. The number of hydrogen-bond donors (Lipinski definition) is 0. The number of pyridine rings is 1. The van der Waals surface area contributed by atoms with Crippen molar-refractivity contribution in [1.82, 2.24) is 14.6 Å². The van der Waals surface area contributed by atoms with Crippen molar-refractivity contribution in [3.05, 3.63) is 40.6 Å². The molecule has 0 saturated heterocycles. The molecule has 0 bridgehead atoms. The molecule has 8 heteroatoms. The maximum absolute atomic E-state index is 13.0. The highest BCUT2D eigenvalue weighted by molar-refractivity contribution is 7.85. The molecular formula is C21H23N3O3S2.